The predicted octanol–water partition coefficient (Wildman–Crippen LogP) is 1.92. The van der Waals surface area contributed by atoms with Crippen LogP contribution in [0.1, 0.15) is 18.5 Å². The van der Waals surface area contributed by atoms with Crippen molar-refractivity contribution >= 4 is 17.2 Å². The molecule has 1 N–H and O–H groups in total. The van der Waals surface area contributed by atoms with Crippen LogP contribution < -0.4 is 15.0 Å². The van der Waals surface area contributed by atoms with E-state index in [4.69, 9.17) is 4.74 Å². The molecule has 1 aliphatic heterocycles. The molecule has 0 radical (unpaired) electrons. The van der Waals surface area contributed by atoms with Gasteiger partial charge < -0.3 is 15.0 Å². The first-order valence-corrected chi connectivity index (χ1v) is 8.41. The van der Waals surface area contributed by atoms with E-state index in [2.05, 4.69) is 36.3 Å². The van der Waals surface area contributed by atoms with E-state index in [1.807, 2.05) is 29.9 Å². The van der Waals surface area contributed by atoms with Gasteiger partial charge in [0.15, 0.2) is 5.82 Å². The molecule has 3 aromatic heterocycles. The van der Waals surface area contributed by atoms with Crippen molar-refractivity contribution in [1.82, 2.24) is 24.6 Å². The predicted molar refractivity (Wildman–Crippen MR) is 95.2 cm³/mol. The van der Waals surface area contributed by atoms with Gasteiger partial charge >= 0.3 is 0 Å². The van der Waals surface area contributed by atoms with Crippen molar-refractivity contribution in [2.24, 2.45) is 0 Å². The number of rotatable bonds is 4. The average molecular weight is 339 g/mol. The van der Waals surface area contributed by atoms with E-state index in [0.29, 0.717) is 11.9 Å². The second-order valence-corrected chi connectivity index (χ2v) is 6.22. The van der Waals surface area contributed by atoms with E-state index in [-0.39, 0.29) is 0 Å². The molecule has 0 aliphatic carbocycles. The summed E-state index contributed by atoms with van der Waals surface area (Å²) in [5, 5.41) is 7.94. The van der Waals surface area contributed by atoms with Crippen LogP contribution in [0.2, 0.25) is 0 Å². The van der Waals surface area contributed by atoms with Gasteiger partial charge in [0.25, 0.3) is 0 Å². The number of hydrogen-bond acceptors (Lipinski definition) is 7. The summed E-state index contributed by atoms with van der Waals surface area (Å²) in [6.07, 6.45) is 7.25. The van der Waals surface area contributed by atoms with Gasteiger partial charge in [0.1, 0.15) is 17.7 Å². The Kier molecular flexibility index (Phi) is 4.09. The zero-order valence-corrected chi connectivity index (χ0v) is 14.4. The molecule has 4 rings (SSSR count). The first-order valence-electron chi connectivity index (χ1n) is 8.41. The fraction of sp³-hybridized carbons (Fsp3) is 0.412. The summed E-state index contributed by atoms with van der Waals surface area (Å²) < 4.78 is 7.04. The van der Waals surface area contributed by atoms with Crippen molar-refractivity contribution in [2.45, 2.75) is 25.8 Å². The van der Waals surface area contributed by atoms with Crippen molar-refractivity contribution in [1.29, 1.82) is 0 Å². The van der Waals surface area contributed by atoms with Gasteiger partial charge in [0.2, 0.25) is 5.88 Å². The molecule has 0 atom stereocenters. The fourth-order valence-electron chi connectivity index (χ4n) is 3.25. The summed E-state index contributed by atoms with van der Waals surface area (Å²) in [4.78, 5) is 15.2. The molecule has 130 valence electrons. The Morgan fingerprint density at radius 3 is 2.80 bits per heavy atom. The van der Waals surface area contributed by atoms with Gasteiger partial charge in [-0.25, -0.2) is 19.5 Å². The Balaban J connectivity index is 1.44. The normalized spacial score (nSPS) is 15.5. The quantitative estimate of drug-likeness (QED) is 0.778. The first kappa shape index (κ1) is 15.6. The van der Waals surface area contributed by atoms with Crippen LogP contribution in [0.25, 0.3) is 5.52 Å². The van der Waals surface area contributed by atoms with E-state index in [0.717, 1.165) is 48.8 Å². The third kappa shape index (κ3) is 3.19. The molecule has 0 saturated carbocycles. The lowest BCUT2D eigenvalue weighted by Crippen LogP contribution is -2.39. The highest BCUT2D eigenvalue weighted by Gasteiger charge is 2.22. The number of methoxy groups -OCH3 is 1. The number of anilines is 2. The number of nitrogens with one attached hydrogen (secondary N) is 1. The summed E-state index contributed by atoms with van der Waals surface area (Å²) in [5.41, 5.74) is 2.07. The van der Waals surface area contributed by atoms with Gasteiger partial charge in [-0.15, -0.1) is 0 Å². The van der Waals surface area contributed by atoms with Crippen LogP contribution in [0, 0.1) is 6.92 Å². The molecule has 0 spiro atoms. The van der Waals surface area contributed by atoms with Crippen LogP contribution in [-0.2, 0) is 0 Å². The highest BCUT2D eigenvalue weighted by Crippen LogP contribution is 2.24. The Hall–Kier alpha value is -2.90. The third-order valence-corrected chi connectivity index (χ3v) is 4.49. The molecule has 1 fully saturated rings. The van der Waals surface area contributed by atoms with E-state index in [9.17, 15) is 0 Å². The van der Waals surface area contributed by atoms with E-state index >= 15 is 0 Å². The fourth-order valence-corrected chi connectivity index (χ4v) is 3.25. The molecule has 1 aliphatic rings. The van der Waals surface area contributed by atoms with Crippen LogP contribution in [0.15, 0.2) is 30.9 Å². The summed E-state index contributed by atoms with van der Waals surface area (Å²) in [6, 6.07) is 4.28. The number of aryl methyl sites for hydroxylation is 1. The van der Waals surface area contributed by atoms with Gasteiger partial charge in [-0.3, -0.25) is 0 Å². The molecule has 3 aromatic rings. The molecule has 1 saturated heterocycles. The van der Waals surface area contributed by atoms with E-state index in [1.165, 1.54) is 6.33 Å². The lowest BCUT2D eigenvalue weighted by molar-refractivity contribution is 0.397. The number of hydrogen-bond donors (Lipinski definition) is 1. The molecule has 8 nitrogen and oxygen atoms in total. The summed E-state index contributed by atoms with van der Waals surface area (Å²) in [7, 11) is 1.61. The smallest absolute Gasteiger partial charge is 0.218 e. The molecule has 0 bridgehead atoms. The first-order chi connectivity index (χ1) is 12.2. The lowest BCUT2D eigenvalue weighted by atomic mass is 10.0. The van der Waals surface area contributed by atoms with Crippen molar-refractivity contribution in [3.05, 3.63) is 36.5 Å². The number of piperidine rings is 1. The average Bonchev–Trinajstić information content (AvgIpc) is 3.03. The zero-order chi connectivity index (χ0) is 17.2. The SMILES string of the molecule is COc1cc(NC2CCN(c3nccn4nc(C)cc34)CC2)ncn1. The monoisotopic (exact) mass is 339 g/mol. The maximum absolute atomic E-state index is 5.15. The van der Waals surface area contributed by atoms with Gasteiger partial charge in [0.05, 0.1) is 12.8 Å². The molecule has 25 heavy (non-hydrogen) atoms. The van der Waals surface area contributed by atoms with Gasteiger partial charge in [-0.1, -0.05) is 0 Å². The maximum atomic E-state index is 5.15. The Bertz CT molecular complexity index is 870. The Morgan fingerprint density at radius 2 is 2.00 bits per heavy atom. The summed E-state index contributed by atoms with van der Waals surface area (Å²) in [5.74, 6) is 2.38. The largest absolute Gasteiger partial charge is 0.481 e. The minimum absolute atomic E-state index is 0.377. The van der Waals surface area contributed by atoms with Crippen LogP contribution in [0.5, 0.6) is 5.88 Å². The molecule has 0 aromatic carbocycles. The summed E-state index contributed by atoms with van der Waals surface area (Å²) in [6.45, 7) is 3.89. The Labute approximate surface area is 145 Å². The molecular weight excluding hydrogens is 318 g/mol. The van der Waals surface area contributed by atoms with Crippen molar-refractivity contribution < 1.29 is 4.74 Å². The third-order valence-electron chi connectivity index (χ3n) is 4.49. The van der Waals surface area contributed by atoms with Gasteiger partial charge in [-0.2, -0.15) is 5.10 Å². The second kappa shape index (κ2) is 6.54. The summed E-state index contributed by atoms with van der Waals surface area (Å²) >= 11 is 0. The molecule has 4 heterocycles. The highest BCUT2D eigenvalue weighted by molar-refractivity contribution is 5.69. The minimum Gasteiger partial charge on any atom is -0.481 e. The van der Waals surface area contributed by atoms with Crippen LogP contribution >= 0.6 is 0 Å². The van der Waals surface area contributed by atoms with E-state index in [1.54, 1.807) is 7.11 Å². The second-order valence-electron chi connectivity index (χ2n) is 6.22. The standard InChI is InChI=1S/C17H21N7O/c1-12-9-14-17(18-5-8-24(14)22-12)23-6-3-13(4-7-23)21-15-10-16(25-2)20-11-19-15/h5,8-11,13H,3-4,6-7H2,1-2H3,(H,19,20,21). The number of fused-ring (bicyclic) bond motifs is 1. The number of nitrogens with zero attached hydrogens (tertiary/aromatic N) is 6. The topological polar surface area (TPSA) is 80.5 Å². The van der Waals surface area contributed by atoms with Crippen molar-refractivity contribution in [2.75, 3.05) is 30.4 Å². The molecule has 0 amide bonds. The number of ether oxygens (including phenoxy) is 1. The van der Waals surface area contributed by atoms with E-state index < -0.39 is 0 Å². The van der Waals surface area contributed by atoms with Gasteiger partial charge in [-0.05, 0) is 25.8 Å². The number of aromatic nitrogens is 5. The molecular formula is C17H21N7O. The highest BCUT2D eigenvalue weighted by atomic mass is 16.5. The van der Waals surface area contributed by atoms with Gasteiger partial charge in [0, 0.05) is 37.6 Å². The van der Waals surface area contributed by atoms with Crippen LogP contribution in [-0.4, -0.2) is 50.8 Å². The lowest BCUT2D eigenvalue weighted by Gasteiger charge is -2.33. The van der Waals surface area contributed by atoms with Crippen LogP contribution in [0.3, 0.4) is 0 Å². The van der Waals surface area contributed by atoms with Crippen molar-refractivity contribution in [3.8, 4) is 5.88 Å². The van der Waals surface area contributed by atoms with Crippen LogP contribution in [0.4, 0.5) is 11.6 Å². The molecule has 8 heteroatoms. The maximum Gasteiger partial charge on any atom is 0.218 e. The Morgan fingerprint density at radius 1 is 1.16 bits per heavy atom. The minimum atomic E-state index is 0.377. The van der Waals surface area contributed by atoms with Crippen molar-refractivity contribution in [3.63, 3.8) is 0 Å². The zero-order valence-electron chi connectivity index (χ0n) is 14.4. The molecule has 0 unspecified atom stereocenters.